The van der Waals surface area contributed by atoms with Crippen LogP contribution in [0.2, 0.25) is 0 Å². The molecular weight excluding hydrogens is 339 g/mol. The van der Waals surface area contributed by atoms with E-state index >= 15 is 0 Å². The van der Waals surface area contributed by atoms with E-state index in [1.54, 1.807) is 30.6 Å². The fourth-order valence-electron chi connectivity index (χ4n) is 3.26. The van der Waals surface area contributed by atoms with Gasteiger partial charge in [0, 0.05) is 38.0 Å². The number of likely N-dealkylation sites (tertiary alicyclic amines) is 2. The molecule has 2 rings (SSSR count). The molecule has 0 spiro atoms. The SMILES string of the molecule is CC(C)(C)OC(=O)N1CCCC(N2CC(CS(=O)(=O)F)CC2=O)C1. The molecule has 9 heteroatoms. The number of halogens is 1. The summed E-state index contributed by atoms with van der Waals surface area (Å²) in [6.45, 7) is 6.51. The first kappa shape index (κ1) is 19.0. The zero-order chi connectivity index (χ0) is 18.1. The van der Waals surface area contributed by atoms with Gasteiger partial charge in [0.1, 0.15) is 5.60 Å². The van der Waals surface area contributed by atoms with Crippen LogP contribution in [-0.2, 0) is 19.8 Å². The Labute approximate surface area is 142 Å². The van der Waals surface area contributed by atoms with Gasteiger partial charge in [0.25, 0.3) is 0 Å². The van der Waals surface area contributed by atoms with E-state index in [-0.39, 0.29) is 24.9 Å². The van der Waals surface area contributed by atoms with Crippen LogP contribution in [0, 0.1) is 5.92 Å². The third kappa shape index (κ3) is 5.32. The molecule has 2 heterocycles. The van der Waals surface area contributed by atoms with Crippen LogP contribution in [0.4, 0.5) is 8.68 Å². The first-order valence-corrected chi connectivity index (χ1v) is 9.69. The van der Waals surface area contributed by atoms with Crippen LogP contribution in [0.1, 0.15) is 40.0 Å². The number of piperidine rings is 1. The van der Waals surface area contributed by atoms with Crippen molar-refractivity contribution in [1.29, 1.82) is 0 Å². The fourth-order valence-corrected chi connectivity index (χ4v) is 4.04. The van der Waals surface area contributed by atoms with Gasteiger partial charge in [-0.3, -0.25) is 4.79 Å². The maximum Gasteiger partial charge on any atom is 0.410 e. The van der Waals surface area contributed by atoms with Crippen LogP contribution < -0.4 is 0 Å². The van der Waals surface area contributed by atoms with Gasteiger partial charge in [-0.15, -0.1) is 3.89 Å². The number of hydrogen-bond acceptors (Lipinski definition) is 5. The smallest absolute Gasteiger partial charge is 0.410 e. The first-order valence-electron chi connectivity index (χ1n) is 8.14. The Balaban J connectivity index is 1.97. The molecule has 7 nitrogen and oxygen atoms in total. The van der Waals surface area contributed by atoms with E-state index in [9.17, 15) is 21.9 Å². The number of carbonyl (C=O) groups excluding carboxylic acids is 2. The molecule has 2 atom stereocenters. The number of ether oxygens (including phenoxy) is 1. The molecule has 0 aromatic heterocycles. The van der Waals surface area contributed by atoms with Gasteiger partial charge in [0.05, 0.1) is 5.75 Å². The maximum atomic E-state index is 12.8. The van der Waals surface area contributed by atoms with E-state index in [1.165, 1.54) is 0 Å². The van der Waals surface area contributed by atoms with Crippen molar-refractivity contribution in [1.82, 2.24) is 9.80 Å². The molecule has 0 N–H and O–H groups in total. The summed E-state index contributed by atoms with van der Waals surface area (Å²) >= 11 is 0. The Hall–Kier alpha value is -1.38. The lowest BCUT2D eigenvalue weighted by Gasteiger charge is -2.38. The van der Waals surface area contributed by atoms with Crippen molar-refractivity contribution >= 4 is 22.2 Å². The average molecular weight is 364 g/mol. The third-order valence-corrected chi connectivity index (χ3v) is 5.03. The molecule has 0 aromatic rings. The molecule has 0 aliphatic carbocycles. The number of amides is 2. The van der Waals surface area contributed by atoms with Crippen LogP contribution in [0.5, 0.6) is 0 Å². The second-order valence-corrected chi connectivity index (χ2v) is 8.96. The number of rotatable bonds is 3. The summed E-state index contributed by atoms with van der Waals surface area (Å²) in [6, 6.07) is -0.175. The van der Waals surface area contributed by atoms with Gasteiger partial charge in [0.15, 0.2) is 0 Å². The van der Waals surface area contributed by atoms with Crippen LogP contribution in [0.3, 0.4) is 0 Å². The van der Waals surface area contributed by atoms with Crippen molar-refractivity contribution < 1.29 is 26.6 Å². The summed E-state index contributed by atoms with van der Waals surface area (Å²) in [4.78, 5) is 27.5. The maximum absolute atomic E-state index is 12.8. The molecule has 2 aliphatic heterocycles. The van der Waals surface area contributed by atoms with E-state index in [0.717, 1.165) is 12.8 Å². The van der Waals surface area contributed by atoms with Gasteiger partial charge >= 0.3 is 16.3 Å². The zero-order valence-electron chi connectivity index (χ0n) is 14.3. The standard InChI is InChI=1S/C15H25FN2O5S/c1-15(2,3)23-14(20)17-6-4-5-12(9-17)18-8-11(7-13(18)19)10-24(16,21)22/h11-12H,4-10H2,1-3H3. The molecule has 138 valence electrons. The van der Waals surface area contributed by atoms with Crippen molar-refractivity contribution in [3.8, 4) is 0 Å². The summed E-state index contributed by atoms with van der Waals surface area (Å²) in [5, 5.41) is 0. The van der Waals surface area contributed by atoms with E-state index in [0.29, 0.717) is 13.1 Å². The highest BCUT2D eigenvalue weighted by Gasteiger charge is 2.39. The Morgan fingerprint density at radius 1 is 1.33 bits per heavy atom. The molecule has 0 bridgehead atoms. The topological polar surface area (TPSA) is 84.0 Å². The zero-order valence-corrected chi connectivity index (χ0v) is 15.1. The number of nitrogens with zero attached hydrogens (tertiary/aromatic N) is 2. The van der Waals surface area contributed by atoms with Crippen LogP contribution >= 0.6 is 0 Å². The second kappa shape index (κ2) is 6.85. The molecule has 0 aromatic carbocycles. The van der Waals surface area contributed by atoms with Crippen molar-refractivity contribution in [3.05, 3.63) is 0 Å². The lowest BCUT2D eigenvalue weighted by Crippen LogP contribution is -2.51. The minimum absolute atomic E-state index is 0.0338. The summed E-state index contributed by atoms with van der Waals surface area (Å²) in [7, 11) is -4.59. The molecule has 2 unspecified atom stereocenters. The number of hydrogen-bond donors (Lipinski definition) is 0. The summed E-state index contributed by atoms with van der Waals surface area (Å²) < 4.78 is 39.8. The predicted octanol–water partition coefficient (Wildman–Crippen LogP) is 1.53. The van der Waals surface area contributed by atoms with Crippen molar-refractivity contribution in [3.63, 3.8) is 0 Å². The van der Waals surface area contributed by atoms with Crippen LogP contribution in [0.25, 0.3) is 0 Å². The second-order valence-electron chi connectivity index (χ2n) is 7.54. The predicted molar refractivity (Wildman–Crippen MR) is 85.5 cm³/mol. The van der Waals surface area contributed by atoms with Gasteiger partial charge in [-0.05, 0) is 33.6 Å². The van der Waals surface area contributed by atoms with Crippen molar-refractivity contribution in [2.45, 2.75) is 51.7 Å². The molecule has 24 heavy (non-hydrogen) atoms. The van der Waals surface area contributed by atoms with Gasteiger partial charge in [-0.25, -0.2) is 4.79 Å². The van der Waals surface area contributed by atoms with Crippen LogP contribution in [-0.4, -0.2) is 67.2 Å². The van der Waals surface area contributed by atoms with Gasteiger partial charge in [-0.1, -0.05) is 0 Å². The summed E-state index contributed by atoms with van der Waals surface area (Å²) in [5.74, 6) is -1.33. The first-order chi connectivity index (χ1) is 10.9. The van der Waals surface area contributed by atoms with Crippen molar-refractivity contribution in [2.75, 3.05) is 25.4 Å². The average Bonchev–Trinajstić information content (AvgIpc) is 2.75. The Morgan fingerprint density at radius 2 is 2.00 bits per heavy atom. The lowest BCUT2D eigenvalue weighted by atomic mass is 10.0. The number of carbonyl (C=O) groups is 2. The molecule has 2 saturated heterocycles. The van der Waals surface area contributed by atoms with Crippen molar-refractivity contribution in [2.24, 2.45) is 5.92 Å². The third-order valence-electron chi connectivity index (χ3n) is 4.16. The molecule has 0 radical (unpaired) electrons. The molecule has 0 saturated carbocycles. The van der Waals surface area contributed by atoms with E-state index in [4.69, 9.17) is 4.74 Å². The highest BCUT2D eigenvalue weighted by molar-refractivity contribution is 7.86. The molecular formula is C15H25FN2O5S. The monoisotopic (exact) mass is 364 g/mol. The Kier molecular flexibility index (Phi) is 5.41. The van der Waals surface area contributed by atoms with E-state index in [2.05, 4.69) is 0 Å². The lowest BCUT2D eigenvalue weighted by molar-refractivity contribution is -0.130. The highest BCUT2D eigenvalue weighted by atomic mass is 32.3. The normalized spacial score (nSPS) is 25.9. The van der Waals surface area contributed by atoms with Gasteiger partial charge in [0.2, 0.25) is 5.91 Å². The largest absolute Gasteiger partial charge is 0.444 e. The fraction of sp³-hybridized carbons (Fsp3) is 0.867. The molecule has 2 fully saturated rings. The Morgan fingerprint density at radius 3 is 2.58 bits per heavy atom. The summed E-state index contributed by atoms with van der Waals surface area (Å²) in [6.07, 6.45) is 1.09. The van der Waals surface area contributed by atoms with Crippen LogP contribution in [0.15, 0.2) is 0 Å². The molecule has 2 amide bonds. The minimum atomic E-state index is -4.59. The quantitative estimate of drug-likeness (QED) is 0.709. The summed E-state index contributed by atoms with van der Waals surface area (Å²) in [5.41, 5.74) is -0.589. The molecule has 2 aliphatic rings. The van der Waals surface area contributed by atoms with E-state index < -0.39 is 33.6 Å². The Bertz CT molecular complexity index is 601. The minimum Gasteiger partial charge on any atom is -0.444 e. The highest BCUT2D eigenvalue weighted by Crippen LogP contribution is 2.26. The van der Waals surface area contributed by atoms with E-state index in [1.807, 2.05) is 0 Å². The van der Waals surface area contributed by atoms with Gasteiger partial charge < -0.3 is 14.5 Å². The van der Waals surface area contributed by atoms with Gasteiger partial charge in [-0.2, -0.15) is 8.42 Å².